The summed E-state index contributed by atoms with van der Waals surface area (Å²) < 4.78 is 23.1. The van der Waals surface area contributed by atoms with Gasteiger partial charge in [0.25, 0.3) is 5.91 Å². The van der Waals surface area contributed by atoms with E-state index in [0.29, 0.717) is 24.6 Å². The molecule has 7 nitrogen and oxygen atoms in total. The van der Waals surface area contributed by atoms with Crippen LogP contribution in [0.2, 0.25) is 0 Å². The van der Waals surface area contributed by atoms with Gasteiger partial charge in [0.2, 0.25) is 0 Å². The lowest BCUT2D eigenvalue weighted by Gasteiger charge is -2.19. The van der Waals surface area contributed by atoms with E-state index in [1.807, 2.05) is 42.3 Å². The molecule has 0 aliphatic carbocycles. The summed E-state index contributed by atoms with van der Waals surface area (Å²) in [5, 5.41) is 2.77. The summed E-state index contributed by atoms with van der Waals surface area (Å²) in [6.07, 6.45) is 0.443. The van der Waals surface area contributed by atoms with E-state index in [1.54, 1.807) is 13.0 Å². The Morgan fingerprint density at radius 1 is 1.27 bits per heavy atom. The van der Waals surface area contributed by atoms with Crippen molar-refractivity contribution >= 4 is 21.6 Å². The van der Waals surface area contributed by atoms with Crippen LogP contribution < -0.4 is 10.2 Å². The van der Waals surface area contributed by atoms with Gasteiger partial charge < -0.3 is 10.2 Å². The van der Waals surface area contributed by atoms with Gasteiger partial charge in [-0.1, -0.05) is 30.3 Å². The summed E-state index contributed by atoms with van der Waals surface area (Å²) in [7, 11) is -1.14. The highest BCUT2D eigenvalue weighted by Crippen LogP contribution is 2.16. The quantitative estimate of drug-likeness (QED) is 0.849. The molecule has 2 aromatic rings. The van der Waals surface area contributed by atoms with Crippen molar-refractivity contribution in [2.45, 2.75) is 25.9 Å². The average Bonchev–Trinajstić information content (AvgIpc) is 2.93. The van der Waals surface area contributed by atoms with Crippen molar-refractivity contribution in [3.63, 3.8) is 0 Å². The van der Waals surface area contributed by atoms with Crippen molar-refractivity contribution in [1.29, 1.82) is 0 Å². The number of rotatable bonds is 5. The Hall–Kier alpha value is -2.48. The zero-order valence-corrected chi connectivity index (χ0v) is 15.7. The van der Waals surface area contributed by atoms with Crippen molar-refractivity contribution < 1.29 is 13.2 Å². The van der Waals surface area contributed by atoms with Crippen LogP contribution in [0.4, 0.5) is 5.82 Å². The first kappa shape index (κ1) is 18.3. The number of benzene rings is 1. The van der Waals surface area contributed by atoms with Crippen LogP contribution in [0.1, 0.15) is 28.3 Å². The standard InChI is InChI=1S/C18H22N4O3S/c1-13-19-16(18(23)21-15-8-9-26(24,25)12-15)10-17(20-13)22(2)11-14-6-4-3-5-7-14/h3-7,10,15H,8-9,11-12H2,1-2H3,(H,21,23). The molecule has 0 bridgehead atoms. The van der Waals surface area contributed by atoms with E-state index in [-0.39, 0.29) is 29.1 Å². The Morgan fingerprint density at radius 2 is 2.00 bits per heavy atom. The second-order valence-corrected chi connectivity index (χ2v) is 8.80. The highest BCUT2D eigenvalue weighted by Gasteiger charge is 2.29. The van der Waals surface area contributed by atoms with Gasteiger partial charge in [-0.3, -0.25) is 4.79 Å². The highest BCUT2D eigenvalue weighted by atomic mass is 32.2. The molecule has 1 atom stereocenters. The van der Waals surface area contributed by atoms with Crippen LogP contribution in [0.5, 0.6) is 0 Å². The van der Waals surface area contributed by atoms with Gasteiger partial charge in [0.1, 0.15) is 17.3 Å². The number of anilines is 1. The van der Waals surface area contributed by atoms with Crippen LogP contribution >= 0.6 is 0 Å². The van der Waals surface area contributed by atoms with Gasteiger partial charge in [-0.2, -0.15) is 0 Å². The fraction of sp³-hybridized carbons (Fsp3) is 0.389. The van der Waals surface area contributed by atoms with Crippen molar-refractivity contribution in [1.82, 2.24) is 15.3 Å². The third-order valence-electron chi connectivity index (χ3n) is 4.28. The number of hydrogen-bond acceptors (Lipinski definition) is 6. The molecule has 0 spiro atoms. The number of hydrogen-bond donors (Lipinski definition) is 1. The van der Waals surface area contributed by atoms with E-state index >= 15 is 0 Å². The summed E-state index contributed by atoms with van der Waals surface area (Å²) in [6.45, 7) is 2.38. The lowest BCUT2D eigenvalue weighted by atomic mass is 10.2. The predicted octanol–water partition coefficient (Wildman–Crippen LogP) is 1.34. The van der Waals surface area contributed by atoms with Crippen molar-refractivity contribution in [3.8, 4) is 0 Å². The first-order chi connectivity index (χ1) is 12.3. The lowest BCUT2D eigenvalue weighted by molar-refractivity contribution is 0.0935. The molecule has 3 rings (SSSR count). The molecule has 1 aliphatic heterocycles. The third-order valence-corrected chi connectivity index (χ3v) is 6.05. The SMILES string of the molecule is Cc1nc(C(=O)NC2CCS(=O)(=O)C2)cc(N(C)Cc2ccccc2)n1. The molecule has 0 radical (unpaired) electrons. The molecule has 1 saturated heterocycles. The van der Waals surface area contributed by atoms with Crippen molar-refractivity contribution in [2.24, 2.45) is 0 Å². The summed E-state index contributed by atoms with van der Waals surface area (Å²) >= 11 is 0. The van der Waals surface area contributed by atoms with Gasteiger partial charge in [0.15, 0.2) is 9.84 Å². The molecule has 138 valence electrons. The second-order valence-electron chi connectivity index (χ2n) is 6.57. The summed E-state index contributed by atoms with van der Waals surface area (Å²) in [4.78, 5) is 23.0. The molecule has 2 heterocycles. The number of carbonyl (C=O) groups excluding carboxylic acids is 1. The molecule has 1 aliphatic rings. The minimum atomic E-state index is -3.04. The lowest BCUT2D eigenvalue weighted by Crippen LogP contribution is -2.36. The Kier molecular flexibility index (Phi) is 5.22. The zero-order valence-electron chi connectivity index (χ0n) is 14.8. The number of nitrogens with zero attached hydrogens (tertiary/aromatic N) is 3. The second kappa shape index (κ2) is 7.41. The van der Waals surface area contributed by atoms with E-state index < -0.39 is 9.84 Å². The summed E-state index contributed by atoms with van der Waals surface area (Å²) in [5.74, 6) is 0.874. The maximum atomic E-state index is 12.5. The Bertz CT molecular complexity index is 900. The smallest absolute Gasteiger partial charge is 0.270 e. The zero-order chi connectivity index (χ0) is 18.7. The molecule has 1 aromatic heterocycles. The summed E-state index contributed by atoms with van der Waals surface area (Å²) in [5.41, 5.74) is 1.38. The molecular weight excluding hydrogens is 352 g/mol. The Morgan fingerprint density at radius 3 is 2.65 bits per heavy atom. The predicted molar refractivity (Wildman–Crippen MR) is 99.8 cm³/mol. The number of aromatic nitrogens is 2. The van der Waals surface area contributed by atoms with Crippen LogP contribution in [0.3, 0.4) is 0 Å². The van der Waals surface area contributed by atoms with Crippen molar-refractivity contribution in [3.05, 3.63) is 53.5 Å². The fourth-order valence-electron chi connectivity index (χ4n) is 2.97. The molecule has 1 aromatic carbocycles. The molecule has 0 saturated carbocycles. The van der Waals surface area contributed by atoms with Crippen LogP contribution in [0.25, 0.3) is 0 Å². The van der Waals surface area contributed by atoms with Gasteiger partial charge in [-0.15, -0.1) is 0 Å². The molecule has 1 unspecified atom stereocenters. The molecule has 1 N–H and O–H groups in total. The minimum Gasteiger partial charge on any atom is -0.355 e. The third kappa shape index (κ3) is 4.57. The molecule has 1 fully saturated rings. The van der Waals surface area contributed by atoms with Gasteiger partial charge in [-0.05, 0) is 18.9 Å². The van der Waals surface area contributed by atoms with E-state index in [4.69, 9.17) is 0 Å². The number of sulfone groups is 1. The monoisotopic (exact) mass is 374 g/mol. The molecule has 26 heavy (non-hydrogen) atoms. The van der Waals surface area contributed by atoms with E-state index in [2.05, 4.69) is 15.3 Å². The van der Waals surface area contributed by atoms with Crippen LogP contribution in [-0.2, 0) is 16.4 Å². The van der Waals surface area contributed by atoms with Crippen LogP contribution in [0, 0.1) is 6.92 Å². The van der Waals surface area contributed by atoms with Gasteiger partial charge in [-0.25, -0.2) is 18.4 Å². The Labute approximate surface area is 153 Å². The number of carbonyl (C=O) groups is 1. The topological polar surface area (TPSA) is 92.3 Å². The minimum absolute atomic E-state index is 0.0103. The Balaban J connectivity index is 1.73. The maximum Gasteiger partial charge on any atom is 0.270 e. The first-order valence-electron chi connectivity index (χ1n) is 8.44. The largest absolute Gasteiger partial charge is 0.355 e. The number of aryl methyl sites for hydroxylation is 1. The average molecular weight is 374 g/mol. The van der Waals surface area contributed by atoms with E-state index in [1.165, 1.54) is 0 Å². The van der Waals surface area contributed by atoms with Crippen molar-refractivity contribution in [2.75, 3.05) is 23.5 Å². The molecular formula is C18H22N4O3S. The maximum absolute atomic E-state index is 12.5. The van der Waals surface area contributed by atoms with Gasteiger partial charge in [0, 0.05) is 25.7 Å². The van der Waals surface area contributed by atoms with E-state index in [9.17, 15) is 13.2 Å². The summed E-state index contributed by atoms with van der Waals surface area (Å²) in [6, 6.07) is 11.2. The number of nitrogens with one attached hydrogen (secondary N) is 1. The van der Waals surface area contributed by atoms with Gasteiger partial charge >= 0.3 is 0 Å². The normalized spacial score (nSPS) is 18.5. The fourth-order valence-corrected chi connectivity index (χ4v) is 4.64. The van der Waals surface area contributed by atoms with Gasteiger partial charge in [0.05, 0.1) is 11.5 Å². The molecule has 8 heteroatoms. The van der Waals surface area contributed by atoms with Crippen LogP contribution in [0.15, 0.2) is 36.4 Å². The van der Waals surface area contributed by atoms with Crippen LogP contribution in [-0.4, -0.2) is 48.9 Å². The number of amides is 1. The molecule has 1 amide bonds. The van der Waals surface area contributed by atoms with E-state index in [0.717, 1.165) is 5.56 Å². The first-order valence-corrected chi connectivity index (χ1v) is 10.3. The highest BCUT2D eigenvalue weighted by molar-refractivity contribution is 7.91.